The summed E-state index contributed by atoms with van der Waals surface area (Å²) in [7, 11) is 0. The van der Waals surface area contributed by atoms with Crippen LogP contribution in [0.3, 0.4) is 0 Å². The monoisotopic (exact) mass is 342 g/mol. The Kier molecular flexibility index (Phi) is 5.08. The molecule has 4 heteroatoms. The maximum Gasteiger partial charge on any atom is 0.191 e. The lowest BCUT2D eigenvalue weighted by atomic mass is 9.81. The number of hydrogen-bond acceptors (Lipinski definition) is 1. The lowest BCUT2D eigenvalue weighted by Gasteiger charge is -2.30. The van der Waals surface area contributed by atoms with E-state index in [1.807, 2.05) is 68.4 Å². The minimum absolute atomic E-state index is 0.323. The van der Waals surface area contributed by atoms with Crippen molar-refractivity contribution in [2.24, 2.45) is 0 Å². The molecule has 0 amide bonds. The van der Waals surface area contributed by atoms with E-state index in [0.717, 1.165) is 17.1 Å². The molecule has 0 fully saturated rings. The van der Waals surface area contributed by atoms with Crippen LogP contribution in [0.2, 0.25) is 0 Å². The number of hydrogen-bond donors (Lipinski definition) is 0. The van der Waals surface area contributed by atoms with Gasteiger partial charge in [-0.15, -0.1) is 0 Å². The van der Waals surface area contributed by atoms with Crippen LogP contribution in [-0.2, 0) is 5.41 Å². The lowest BCUT2D eigenvalue weighted by molar-refractivity contribution is 0.429. The number of halogens is 3. The Morgan fingerprint density at radius 2 is 1.43 bits per heavy atom. The second kappa shape index (κ2) is 6.48. The zero-order valence-electron chi connectivity index (χ0n) is 11.9. The molecule has 0 unspecified atom stereocenters. The minimum Gasteiger partial charge on any atom is -0.457 e. The van der Waals surface area contributed by atoms with Gasteiger partial charge < -0.3 is 4.74 Å². The van der Waals surface area contributed by atoms with E-state index >= 15 is 0 Å². The first-order chi connectivity index (χ1) is 9.78. The molecular weight excluding hydrogens is 327 g/mol. The van der Waals surface area contributed by atoms with Gasteiger partial charge in [0.25, 0.3) is 0 Å². The van der Waals surface area contributed by atoms with E-state index in [2.05, 4.69) is 0 Å². The summed E-state index contributed by atoms with van der Waals surface area (Å²) in [6, 6.07) is 17.5. The van der Waals surface area contributed by atoms with Gasteiger partial charge in [-0.3, -0.25) is 0 Å². The number of benzene rings is 2. The van der Waals surface area contributed by atoms with Crippen LogP contribution in [0, 0.1) is 0 Å². The summed E-state index contributed by atoms with van der Waals surface area (Å²) in [5.74, 6) is 1.57. The van der Waals surface area contributed by atoms with E-state index in [9.17, 15) is 0 Å². The molecule has 2 rings (SSSR count). The maximum absolute atomic E-state index is 5.98. The number of para-hydroxylation sites is 2. The fraction of sp³-hybridized carbons (Fsp3) is 0.294. The van der Waals surface area contributed by atoms with Crippen molar-refractivity contribution in [3.63, 3.8) is 0 Å². The number of alkyl halides is 3. The summed E-state index contributed by atoms with van der Waals surface area (Å²) < 4.78 is 4.68. The first-order valence-electron chi connectivity index (χ1n) is 6.67. The van der Waals surface area contributed by atoms with Crippen molar-refractivity contribution < 1.29 is 4.74 Å². The Morgan fingerprint density at radius 1 is 0.857 bits per heavy atom. The quantitative estimate of drug-likeness (QED) is 0.574. The average molecular weight is 344 g/mol. The van der Waals surface area contributed by atoms with Crippen LogP contribution in [0.4, 0.5) is 0 Å². The van der Waals surface area contributed by atoms with E-state index in [0.29, 0.717) is 6.42 Å². The highest BCUT2D eigenvalue weighted by molar-refractivity contribution is 6.67. The fourth-order valence-corrected chi connectivity index (χ4v) is 3.33. The highest BCUT2D eigenvalue weighted by Gasteiger charge is 2.34. The molecule has 0 radical (unpaired) electrons. The van der Waals surface area contributed by atoms with Crippen molar-refractivity contribution in [2.75, 3.05) is 0 Å². The van der Waals surface area contributed by atoms with E-state index in [1.54, 1.807) is 0 Å². The van der Waals surface area contributed by atoms with Crippen molar-refractivity contribution in [1.82, 2.24) is 0 Å². The summed E-state index contributed by atoms with van der Waals surface area (Å²) >= 11 is 17.9. The molecule has 112 valence electrons. The van der Waals surface area contributed by atoms with Crippen LogP contribution < -0.4 is 4.74 Å². The van der Waals surface area contributed by atoms with Crippen LogP contribution in [0.5, 0.6) is 11.5 Å². The maximum atomic E-state index is 5.98. The molecule has 0 N–H and O–H groups in total. The van der Waals surface area contributed by atoms with Crippen LogP contribution in [0.25, 0.3) is 0 Å². The highest BCUT2D eigenvalue weighted by Crippen LogP contribution is 2.44. The number of ether oxygens (including phenoxy) is 1. The van der Waals surface area contributed by atoms with Gasteiger partial charge in [-0.05, 0) is 23.6 Å². The Labute approximate surface area is 140 Å². The molecule has 0 aromatic heterocycles. The van der Waals surface area contributed by atoms with Crippen molar-refractivity contribution >= 4 is 34.8 Å². The normalized spacial score (nSPS) is 12.2. The lowest BCUT2D eigenvalue weighted by Crippen LogP contribution is -2.24. The summed E-state index contributed by atoms with van der Waals surface area (Å²) in [5.41, 5.74) is 0.691. The Balaban J connectivity index is 2.32. The summed E-state index contributed by atoms with van der Waals surface area (Å²) in [4.78, 5) is 0. The van der Waals surface area contributed by atoms with Crippen LogP contribution >= 0.6 is 34.8 Å². The third kappa shape index (κ3) is 4.81. The zero-order valence-corrected chi connectivity index (χ0v) is 14.2. The van der Waals surface area contributed by atoms with Gasteiger partial charge in [0, 0.05) is 12.0 Å². The van der Waals surface area contributed by atoms with Crippen molar-refractivity contribution in [3.8, 4) is 11.5 Å². The predicted octanol–water partition coefficient (Wildman–Crippen LogP) is 6.52. The van der Waals surface area contributed by atoms with Crippen molar-refractivity contribution in [2.45, 2.75) is 29.5 Å². The van der Waals surface area contributed by atoms with Gasteiger partial charge in [0.2, 0.25) is 0 Å². The highest BCUT2D eigenvalue weighted by atomic mass is 35.6. The van der Waals surface area contributed by atoms with E-state index in [1.165, 1.54) is 0 Å². The molecule has 0 saturated heterocycles. The van der Waals surface area contributed by atoms with Gasteiger partial charge in [-0.1, -0.05) is 85.0 Å². The standard InChI is InChI=1S/C17H17Cl3O/c1-16(2,12-17(18,19)20)14-10-6-7-11-15(14)21-13-8-4-3-5-9-13/h3-11H,12H2,1-2H3. The minimum atomic E-state index is -1.30. The first-order valence-corrected chi connectivity index (χ1v) is 7.80. The van der Waals surface area contributed by atoms with Gasteiger partial charge in [-0.25, -0.2) is 0 Å². The average Bonchev–Trinajstić information content (AvgIpc) is 2.37. The van der Waals surface area contributed by atoms with Crippen LogP contribution in [-0.4, -0.2) is 3.79 Å². The van der Waals surface area contributed by atoms with E-state index in [-0.39, 0.29) is 5.41 Å². The largest absolute Gasteiger partial charge is 0.457 e. The molecule has 0 heterocycles. The molecular formula is C17H17Cl3O. The summed E-state index contributed by atoms with van der Waals surface area (Å²) in [6.45, 7) is 4.09. The molecule has 21 heavy (non-hydrogen) atoms. The van der Waals surface area contributed by atoms with Gasteiger partial charge >= 0.3 is 0 Å². The molecule has 0 saturated carbocycles. The summed E-state index contributed by atoms with van der Waals surface area (Å²) in [6.07, 6.45) is 0.403. The van der Waals surface area contributed by atoms with Gasteiger partial charge in [0.1, 0.15) is 11.5 Å². The molecule has 0 aliphatic carbocycles. The molecule has 2 aromatic carbocycles. The second-order valence-corrected chi connectivity index (χ2v) is 8.10. The van der Waals surface area contributed by atoms with Crippen LogP contribution in [0.1, 0.15) is 25.8 Å². The zero-order chi connectivity index (χ0) is 15.5. The number of rotatable bonds is 4. The second-order valence-electron chi connectivity index (χ2n) is 5.59. The van der Waals surface area contributed by atoms with Crippen molar-refractivity contribution in [1.29, 1.82) is 0 Å². The SMILES string of the molecule is CC(C)(CC(Cl)(Cl)Cl)c1ccccc1Oc1ccccc1. The Hall–Kier alpha value is -0.890. The summed E-state index contributed by atoms with van der Waals surface area (Å²) in [5, 5.41) is 0. The third-order valence-corrected chi connectivity index (χ3v) is 3.63. The molecule has 0 aliphatic heterocycles. The van der Waals surface area contributed by atoms with Crippen LogP contribution in [0.15, 0.2) is 54.6 Å². The van der Waals surface area contributed by atoms with Gasteiger partial charge in [0.05, 0.1) is 0 Å². The molecule has 0 aliphatic rings. The Bertz CT molecular complexity index is 588. The van der Waals surface area contributed by atoms with Gasteiger partial charge in [0.15, 0.2) is 3.79 Å². The predicted molar refractivity (Wildman–Crippen MR) is 90.9 cm³/mol. The molecule has 0 bridgehead atoms. The van der Waals surface area contributed by atoms with Crippen molar-refractivity contribution in [3.05, 3.63) is 60.2 Å². The van der Waals surface area contributed by atoms with E-state index < -0.39 is 3.79 Å². The van der Waals surface area contributed by atoms with E-state index in [4.69, 9.17) is 39.5 Å². The smallest absolute Gasteiger partial charge is 0.191 e. The molecule has 0 atom stereocenters. The fourth-order valence-electron chi connectivity index (χ4n) is 2.33. The third-order valence-electron chi connectivity index (χ3n) is 3.23. The molecule has 1 nitrogen and oxygen atoms in total. The first kappa shape index (κ1) is 16.5. The molecule has 0 spiro atoms. The van der Waals surface area contributed by atoms with Gasteiger partial charge in [-0.2, -0.15) is 0 Å². The molecule has 2 aromatic rings. The Morgan fingerprint density at radius 3 is 2.05 bits per heavy atom. The topological polar surface area (TPSA) is 9.23 Å².